The highest BCUT2D eigenvalue weighted by Gasteiger charge is 2.09. The molecule has 0 aromatic rings. The van der Waals surface area contributed by atoms with Crippen molar-refractivity contribution in [2.45, 2.75) is 64.9 Å². The molecule has 0 radical (unpaired) electrons. The molecule has 22 heavy (non-hydrogen) atoms. The quantitative estimate of drug-likeness (QED) is 0.186. The zero-order valence-electron chi connectivity index (χ0n) is 13.8. The Morgan fingerprint density at radius 1 is 1.18 bits per heavy atom. The first-order valence-corrected chi connectivity index (χ1v) is 8.14. The number of aliphatic hydroxyl groups excluding tert-OH is 2. The van der Waals surface area contributed by atoms with Gasteiger partial charge in [-0.2, -0.15) is 0 Å². The molecule has 0 aliphatic rings. The summed E-state index contributed by atoms with van der Waals surface area (Å²) in [6.45, 7) is 4.18. The number of carbonyl (C=O) groups is 1. The summed E-state index contributed by atoms with van der Waals surface area (Å²) in [4.78, 5) is 11.8. The molecular weight excluding hydrogens is 280 g/mol. The van der Waals surface area contributed by atoms with Crippen LogP contribution in [0.15, 0.2) is 36.1 Å². The third-order valence-electron chi connectivity index (χ3n) is 3.27. The normalized spacial score (nSPS) is 13.9. The Bertz CT molecular complexity index is 369. The van der Waals surface area contributed by atoms with E-state index in [-0.39, 0.29) is 6.61 Å². The van der Waals surface area contributed by atoms with Gasteiger partial charge in [0.1, 0.15) is 0 Å². The third-order valence-corrected chi connectivity index (χ3v) is 3.27. The lowest BCUT2D eigenvalue weighted by molar-refractivity contribution is -0.139. The van der Waals surface area contributed by atoms with Gasteiger partial charge in [0.2, 0.25) is 0 Å². The van der Waals surface area contributed by atoms with Gasteiger partial charge < -0.3 is 14.9 Å². The fourth-order valence-electron chi connectivity index (χ4n) is 2.02. The molecule has 0 saturated carbocycles. The van der Waals surface area contributed by atoms with E-state index in [1.54, 1.807) is 19.1 Å². The number of unbranched alkanes of at least 4 members (excludes halogenated alkanes) is 4. The van der Waals surface area contributed by atoms with Crippen molar-refractivity contribution in [2.75, 3.05) is 6.61 Å². The Kier molecular flexibility index (Phi) is 13.4. The van der Waals surface area contributed by atoms with E-state index in [9.17, 15) is 9.90 Å². The van der Waals surface area contributed by atoms with Gasteiger partial charge in [-0.25, -0.2) is 4.79 Å². The maximum atomic E-state index is 11.8. The van der Waals surface area contributed by atoms with E-state index in [1.807, 2.05) is 0 Å². The minimum atomic E-state index is -0.452. The highest BCUT2D eigenvalue weighted by atomic mass is 16.5. The zero-order chi connectivity index (χ0) is 16.6. The topological polar surface area (TPSA) is 66.8 Å². The molecule has 0 aliphatic carbocycles. The van der Waals surface area contributed by atoms with Gasteiger partial charge in [0.05, 0.1) is 24.5 Å². The fourth-order valence-corrected chi connectivity index (χ4v) is 2.02. The summed E-state index contributed by atoms with van der Waals surface area (Å²) >= 11 is 0. The Labute approximate surface area is 134 Å². The van der Waals surface area contributed by atoms with E-state index in [0.29, 0.717) is 12.0 Å². The molecule has 0 aliphatic heterocycles. The molecular formula is C18H30O4. The number of hydrogen-bond acceptors (Lipinski definition) is 4. The average Bonchev–Trinajstić information content (AvgIpc) is 2.51. The van der Waals surface area contributed by atoms with Gasteiger partial charge in [-0.1, -0.05) is 51.2 Å². The lowest BCUT2D eigenvalue weighted by Crippen LogP contribution is -2.14. The molecule has 0 saturated heterocycles. The Morgan fingerprint density at radius 3 is 2.55 bits per heavy atom. The molecule has 0 rings (SSSR count). The molecule has 0 bridgehead atoms. The molecule has 126 valence electrons. The molecule has 0 heterocycles. The fraction of sp³-hybridized carbons (Fsp3) is 0.611. The summed E-state index contributed by atoms with van der Waals surface area (Å²) < 4.78 is 5.14. The summed E-state index contributed by atoms with van der Waals surface area (Å²) in [6.07, 6.45) is 13.7. The second-order valence-electron chi connectivity index (χ2n) is 5.24. The second kappa shape index (κ2) is 14.4. The van der Waals surface area contributed by atoms with E-state index in [1.165, 1.54) is 31.4 Å². The zero-order valence-corrected chi connectivity index (χ0v) is 13.8. The smallest absolute Gasteiger partial charge is 0.338 e. The van der Waals surface area contributed by atoms with Gasteiger partial charge >= 0.3 is 5.97 Å². The summed E-state index contributed by atoms with van der Waals surface area (Å²) in [5.74, 6) is -0.452. The molecule has 0 amide bonds. The molecule has 0 aromatic heterocycles. The molecule has 0 spiro atoms. The van der Waals surface area contributed by atoms with Crippen molar-refractivity contribution >= 4 is 5.97 Å². The number of aliphatic hydroxyl groups is 2. The van der Waals surface area contributed by atoms with Crippen molar-refractivity contribution in [3.8, 4) is 0 Å². The largest absolute Gasteiger partial charge is 0.516 e. The lowest BCUT2D eigenvalue weighted by Gasteiger charge is -2.11. The van der Waals surface area contributed by atoms with Crippen molar-refractivity contribution in [1.82, 2.24) is 0 Å². The van der Waals surface area contributed by atoms with E-state index in [4.69, 9.17) is 9.84 Å². The van der Waals surface area contributed by atoms with Crippen LogP contribution < -0.4 is 0 Å². The number of allylic oxidation sites excluding steroid dienone is 3. The van der Waals surface area contributed by atoms with Crippen LogP contribution in [0, 0.1) is 0 Å². The van der Waals surface area contributed by atoms with Gasteiger partial charge in [-0.05, 0) is 25.5 Å². The second-order valence-corrected chi connectivity index (χ2v) is 5.24. The molecule has 4 nitrogen and oxygen atoms in total. The van der Waals surface area contributed by atoms with Crippen LogP contribution >= 0.6 is 0 Å². The van der Waals surface area contributed by atoms with E-state index < -0.39 is 12.1 Å². The highest BCUT2D eigenvalue weighted by Crippen LogP contribution is 2.10. The van der Waals surface area contributed by atoms with E-state index in [0.717, 1.165) is 25.5 Å². The van der Waals surface area contributed by atoms with Gasteiger partial charge in [-0.3, -0.25) is 0 Å². The first-order valence-electron chi connectivity index (χ1n) is 8.14. The number of esters is 1. The predicted molar refractivity (Wildman–Crippen MR) is 89.6 cm³/mol. The molecule has 1 unspecified atom stereocenters. The first-order chi connectivity index (χ1) is 10.7. The van der Waals surface area contributed by atoms with Crippen LogP contribution in [0.3, 0.4) is 0 Å². The van der Waals surface area contributed by atoms with Gasteiger partial charge in [-0.15, -0.1) is 0 Å². The predicted octanol–water partition coefficient (Wildman–Crippen LogP) is 4.22. The maximum Gasteiger partial charge on any atom is 0.338 e. The number of hydrogen-bond donors (Lipinski definition) is 2. The Hall–Kier alpha value is -1.55. The molecule has 1 atom stereocenters. The molecule has 4 heteroatoms. The van der Waals surface area contributed by atoms with Gasteiger partial charge in [0.15, 0.2) is 0 Å². The van der Waals surface area contributed by atoms with Crippen LogP contribution in [0.1, 0.15) is 58.8 Å². The number of carbonyl (C=O) groups excluding carboxylic acids is 1. The van der Waals surface area contributed by atoms with Crippen molar-refractivity contribution in [3.05, 3.63) is 36.1 Å². The molecule has 0 fully saturated rings. The number of ether oxygens (including phenoxy) is 1. The summed E-state index contributed by atoms with van der Waals surface area (Å²) in [6, 6.07) is 0. The number of rotatable bonds is 12. The minimum Gasteiger partial charge on any atom is -0.516 e. The van der Waals surface area contributed by atoms with Crippen molar-refractivity contribution in [2.24, 2.45) is 0 Å². The SMILES string of the molecule is C\C=C/C(=C\C=C\O)C(=O)OCCC(O)CCCCCCC. The summed E-state index contributed by atoms with van der Waals surface area (Å²) in [7, 11) is 0. The lowest BCUT2D eigenvalue weighted by atomic mass is 10.1. The standard InChI is InChI=1S/C18H30O4/c1-3-5-6-7-8-12-17(20)13-15-22-18(21)16(10-4-2)11-9-14-19/h4,9-11,14,17,19-20H,3,5-8,12-13,15H2,1-2H3/b10-4-,14-9+,16-11+. The first kappa shape index (κ1) is 20.5. The van der Waals surface area contributed by atoms with Crippen LogP contribution in [-0.2, 0) is 9.53 Å². The summed E-state index contributed by atoms with van der Waals surface area (Å²) in [5.41, 5.74) is 0.363. The van der Waals surface area contributed by atoms with Crippen LogP contribution in [0.2, 0.25) is 0 Å². The Balaban J connectivity index is 3.94. The van der Waals surface area contributed by atoms with Crippen molar-refractivity contribution in [1.29, 1.82) is 0 Å². The molecule has 2 N–H and O–H groups in total. The highest BCUT2D eigenvalue weighted by molar-refractivity contribution is 5.91. The van der Waals surface area contributed by atoms with Gasteiger partial charge in [0, 0.05) is 6.42 Å². The van der Waals surface area contributed by atoms with E-state index >= 15 is 0 Å². The monoisotopic (exact) mass is 310 g/mol. The minimum absolute atomic E-state index is 0.201. The average molecular weight is 310 g/mol. The third kappa shape index (κ3) is 11.1. The van der Waals surface area contributed by atoms with E-state index in [2.05, 4.69) is 6.92 Å². The molecule has 0 aromatic carbocycles. The van der Waals surface area contributed by atoms with Crippen molar-refractivity contribution < 1.29 is 19.7 Å². The van der Waals surface area contributed by atoms with Crippen LogP contribution in [-0.4, -0.2) is 28.9 Å². The summed E-state index contributed by atoms with van der Waals surface area (Å²) in [5, 5.41) is 18.5. The van der Waals surface area contributed by atoms with Crippen LogP contribution in [0.4, 0.5) is 0 Å². The van der Waals surface area contributed by atoms with Gasteiger partial charge in [0.25, 0.3) is 0 Å². The maximum absolute atomic E-state index is 11.8. The van der Waals surface area contributed by atoms with Crippen LogP contribution in [0.25, 0.3) is 0 Å². The van der Waals surface area contributed by atoms with Crippen LogP contribution in [0.5, 0.6) is 0 Å². The van der Waals surface area contributed by atoms with Crippen molar-refractivity contribution in [3.63, 3.8) is 0 Å². The Morgan fingerprint density at radius 2 is 1.91 bits per heavy atom.